The fourth-order valence-electron chi connectivity index (χ4n) is 1.25. The maximum absolute atomic E-state index is 13.6. The first kappa shape index (κ1) is 12.7. The van der Waals surface area contributed by atoms with Crippen molar-refractivity contribution in [3.05, 3.63) is 41.6 Å². The van der Waals surface area contributed by atoms with Gasteiger partial charge in [0, 0.05) is 0 Å². The second-order valence-corrected chi connectivity index (χ2v) is 3.35. The van der Waals surface area contributed by atoms with Crippen LogP contribution in [-0.2, 0) is 0 Å². The van der Waals surface area contributed by atoms with Crippen LogP contribution in [-0.4, -0.2) is 9.97 Å². The number of benzene rings is 1. The van der Waals surface area contributed by atoms with Gasteiger partial charge in [0.2, 0.25) is 11.8 Å². The number of hydrogen-bond acceptors (Lipinski definition) is 6. The first-order valence-electron chi connectivity index (χ1n) is 5.00. The molecule has 0 aliphatic rings. The van der Waals surface area contributed by atoms with Crippen molar-refractivity contribution < 1.29 is 13.5 Å². The van der Waals surface area contributed by atoms with Gasteiger partial charge in [-0.1, -0.05) is 0 Å². The van der Waals surface area contributed by atoms with Gasteiger partial charge in [-0.05, 0) is 18.2 Å². The average Bonchev–Trinajstić information content (AvgIpc) is 2.43. The summed E-state index contributed by atoms with van der Waals surface area (Å²) in [7, 11) is 0. The van der Waals surface area contributed by atoms with Crippen LogP contribution in [0.3, 0.4) is 0 Å². The summed E-state index contributed by atoms with van der Waals surface area (Å²) in [5, 5.41) is 8.59. The molecule has 0 radical (unpaired) electrons. The van der Waals surface area contributed by atoms with Crippen LogP contribution in [0.4, 0.5) is 14.7 Å². The molecule has 19 heavy (non-hydrogen) atoms. The number of nitriles is 1. The normalized spacial score (nSPS) is 9.79. The van der Waals surface area contributed by atoms with E-state index in [1.807, 2.05) is 0 Å². The number of rotatable bonds is 3. The van der Waals surface area contributed by atoms with Crippen LogP contribution in [0.2, 0.25) is 0 Å². The molecule has 8 heteroatoms. The number of halogens is 2. The molecule has 0 aliphatic heterocycles. The highest BCUT2D eigenvalue weighted by Crippen LogP contribution is 2.25. The Morgan fingerprint density at radius 1 is 1.32 bits per heavy atom. The quantitative estimate of drug-likeness (QED) is 0.646. The first-order chi connectivity index (χ1) is 9.13. The molecule has 1 heterocycles. The van der Waals surface area contributed by atoms with Crippen LogP contribution in [0.25, 0.3) is 0 Å². The summed E-state index contributed by atoms with van der Waals surface area (Å²) in [6, 6.07) is 5.27. The Balaban J connectivity index is 2.33. The van der Waals surface area contributed by atoms with E-state index in [1.54, 1.807) is 6.07 Å². The Labute approximate surface area is 106 Å². The highest BCUT2D eigenvalue weighted by atomic mass is 19.1. The van der Waals surface area contributed by atoms with Crippen LogP contribution >= 0.6 is 0 Å². The molecule has 2 rings (SSSR count). The summed E-state index contributed by atoms with van der Waals surface area (Å²) in [5.41, 5.74) is 2.23. The molecule has 0 bridgehead atoms. The fraction of sp³-hybridized carbons (Fsp3) is 0. The minimum Gasteiger partial charge on any atom is -0.433 e. The monoisotopic (exact) mass is 263 g/mol. The molecule has 0 saturated carbocycles. The van der Waals surface area contributed by atoms with E-state index in [-0.39, 0.29) is 17.3 Å². The smallest absolute Gasteiger partial charge is 0.261 e. The van der Waals surface area contributed by atoms with Gasteiger partial charge in [0.1, 0.15) is 0 Å². The molecule has 96 valence electrons. The Morgan fingerprint density at radius 2 is 2.11 bits per heavy atom. The van der Waals surface area contributed by atoms with E-state index in [4.69, 9.17) is 15.8 Å². The number of ether oxygens (including phenoxy) is 1. The van der Waals surface area contributed by atoms with Crippen LogP contribution in [0, 0.1) is 23.0 Å². The SMILES string of the molecule is N#Cc1ccc(Oc2nc(NN)ncc2F)c(F)c1. The van der Waals surface area contributed by atoms with Gasteiger partial charge in [-0.15, -0.1) is 0 Å². The third-order valence-corrected chi connectivity index (χ3v) is 2.11. The summed E-state index contributed by atoms with van der Waals surface area (Å²) in [4.78, 5) is 7.10. The second kappa shape index (κ2) is 5.24. The lowest BCUT2D eigenvalue weighted by molar-refractivity contribution is 0.397. The zero-order chi connectivity index (χ0) is 13.8. The van der Waals surface area contributed by atoms with Gasteiger partial charge in [0.05, 0.1) is 17.8 Å². The molecule has 0 spiro atoms. The van der Waals surface area contributed by atoms with E-state index >= 15 is 0 Å². The number of nitrogen functional groups attached to an aromatic ring is 1. The summed E-state index contributed by atoms with van der Waals surface area (Å²) < 4.78 is 31.9. The molecular weight excluding hydrogens is 256 g/mol. The number of nitrogens with zero attached hydrogens (tertiary/aromatic N) is 3. The third kappa shape index (κ3) is 2.72. The lowest BCUT2D eigenvalue weighted by Gasteiger charge is -2.07. The zero-order valence-electron chi connectivity index (χ0n) is 9.39. The van der Waals surface area contributed by atoms with Gasteiger partial charge in [-0.3, -0.25) is 5.43 Å². The number of anilines is 1. The second-order valence-electron chi connectivity index (χ2n) is 3.35. The van der Waals surface area contributed by atoms with Crippen molar-refractivity contribution in [1.29, 1.82) is 5.26 Å². The Morgan fingerprint density at radius 3 is 2.74 bits per heavy atom. The maximum atomic E-state index is 13.6. The molecular formula is C11H7F2N5O. The van der Waals surface area contributed by atoms with E-state index in [0.29, 0.717) is 0 Å². The molecule has 2 aromatic rings. The topological polar surface area (TPSA) is 96.8 Å². The molecule has 1 aromatic carbocycles. The van der Waals surface area contributed by atoms with Gasteiger partial charge >= 0.3 is 0 Å². The predicted octanol–water partition coefficient (Wildman–Crippen LogP) is 1.70. The Hall–Kier alpha value is -2.79. The van der Waals surface area contributed by atoms with Crippen molar-refractivity contribution in [3.63, 3.8) is 0 Å². The van der Waals surface area contributed by atoms with Gasteiger partial charge in [0.25, 0.3) is 5.88 Å². The highest BCUT2D eigenvalue weighted by Gasteiger charge is 2.12. The number of hydrogen-bond donors (Lipinski definition) is 2. The average molecular weight is 263 g/mol. The first-order valence-corrected chi connectivity index (χ1v) is 5.00. The largest absolute Gasteiger partial charge is 0.433 e. The van der Waals surface area contributed by atoms with Gasteiger partial charge in [-0.25, -0.2) is 15.2 Å². The van der Waals surface area contributed by atoms with Crippen molar-refractivity contribution in [1.82, 2.24) is 9.97 Å². The van der Waals surface area contributed by atoms with E-state index < -0.39 is 17.5 Å². The molecule has 0 saturated heterocycles. The van der Waals surface area contributed by atoms with E-state index in [2.05, 4.69) is 15.4 Å². The van der Waals surface area contributed by atoms with E-state index in [1.165, 1.54) is 12.1 Å². The predicted molar refractivity (Wildman–Crippen MR) is 61.0 cm³/mol. The van der Waals surface area contributed by atoms with E-state index in [0.717, 1.165) is 12.3 Å². The number of nitrogens with one attached hydrogen (secondary N) is 1. The number of hydrazine groups is 1. The van der Waals surface area contributed by atoms with Crippen molar-refractivity contribution in [2.75, 3.05) is 5.43 Å². The van der Waals surface area contributed by atoms with Crippen molar-refractivity contribution >= 4 is 5.95 Å². The summed E-state index contributed by atoms with van der Waals surface area (Å²) in [6.45, 7) is 0. The molecule has 1 aromatic heterocycles. The fourth-order valence-corrected chi connectivity index (χ4v) is 1.25. The lowest BCUT2D eigenvalue weighted by atomic mass is 10.2. The maximum Gasteiger partial charge on any atom is 0.261 e. The van der Waals surface area contributed by atoms with E-state index in [9.17, 15) is 8.78 Å². The van der Waals surface area contributed by atoms with Crippen LogP contribution < -0.4 is 16.0 Å². The highest BCUT2D eigenvalue weighted by molar-refractivity contribution is 5.38. The van der Waals surface area contributed by atoms with Gasteiger partial charge in [0.15, 0.2) is 11.6 Å². The van der Waals surface area contributed by atoms with Crippen LogP contribution in [0.15, 0.2) is 24.4 Å². The molecule has 0 aliphatic carbocycles. The zero-order valence-corrected chi connectivity index (χ0v) is 9.39. The minimum absolute atomic E-state index is 0.0783. The number of aromatic nitrogens is 2. The van der Waals surface area contributed by atoms with Crippen molar-refractivity contribution in [2.24, 2.45) is 5.84 Å². The van der Waals surface area contributed by atoms with Crippen LogP contribution in [0.1, 0.15) is 5.56 Å². The molecule has 0 fully saturated rings. The van der Waals surface area contributed by atoms with Crippen molar-refractivity contribution in [3.8, 4) is 17.7 Å². The molecule has 6 nitrogen and oxygen atoms in total. The standard InChI is InChI=1S/C11H7F2N5O/c12-7-3-6(4-14)1-2-9(7)19-10-8(13)5-16-11(17-10)18-15/h1-3,5H,15H2,(H,16,17,18). The van der Waals surface area contributed by atoms with Gasteiger partial charge in [-0.2, -0.15) is 14.6 Å². The molecule has 0 unspecified atom stereocenters. The molecule has 3 N–H and O–H groups in total. The lowest BCUT2D eigenvalue weighted by Crippen LogP contribution is -2.11. The van der Waals surface area contributed by atoms with Crippen molar-refractivity contribution in [2.45, 2.75) is 0 Å². The Kier molecular flexibility index (Phi) is 3.49. The Bertz CT molecular complexity index is 656. The number of nitrogens with two attached hydrogens (primary N) is 1. The molecule has 0 amide bonds. The van der Waals surface area contributed by atoms with Gasteiger partial charge < -0.3 is 4.74 Å². The van der Waals surface area contributed by atoms with Crippen LogP contribution in [0.5, 0.6) is 11.6 Å². The minimum atomic E-state index is -0.872. The molecule has 0 atom stereocenters. The summed E-state index contributed by atoms with van der Waals surface area (Å²) in [6.07, 6.45) is 0.832. The third-order valence-electron chi connectivity index (χ3n) is 2.11. The summed E-state index contributed by atoms with van der Waals surface area (Å²) in [5.74, 6) is 2.57. The summed E-state index contributed by atoms with van der Waals surface area (Å²) >= 11 is 0.